The van der Waals surface area contributed by atoms with E-state index >= 15 is 0 Å². The van der Waals surface area contributed by atoms with Crippen molar-refractivity contribution in [1.82, 2.24) is 18.8 Å². The number of nitrogens with zero attached hydrogens (tertiary/aromatic N) is 3. The maximum Gasteiger partial charge on any atom is 0.416 e. The number of rotatable bonds is 2. The van der Waals surface area contributed by atoms with Crippen molar-refractivity contribution in [2.75, 3.05) is 6.54 Å². The Balaban J connectivity index is 1.76. The second-order valence-electron chi connectivity index (χ2n) is 6.89. The lowest BCUT2D eigenvalue weighted by atomic mass is 9.95. The summed E-state index contributed by atoms with van der Waals surface area (Å²) in [6.07, 6.45) is -3.59. The molecule has 4 rings (SSSR count). The predicted octanol–water partition coefficient (Wildman–Crippen LogP) is 1.39. The Morgan fingerprint density at radius 1 is 1.20 bits per heavy atom. The van der Waals surface area contributed by atoms with Crippen LogP contribution in [0.2, 0.25) is 0 Å². The third-order valence-electron chi connectivity index (χ3n) is 5.10. The van der Waals surface area contributed by atoms with E-state index in [0.29, 0.717) is 0 Å². The highest BCUT2D eigenvalue weighted by atomic mass is 32.2. The van der Waals surface area contributed by atoms with E-state index in [0.717, 1.165) is 27.2 Å². The van der Waals surface area contributed by atoms with Crippen molar-refractivity contribution in [2.45, 2.75) is 24.0 Å². The minimum Gasteiger partial charge on any atom is -0.281 e. The zero-order chi connectivity index (χ0) is 21.8. The monoisotopic (exact) mass is 440 g/mol. The van der Waals surface area contributed by atoms with Crippen molar-refractivity contribution in [2.24, 2.45) is 7.05 Å². The number of aromatic nitrogens is 3. The summed E-state index contributed by atoms with van der Waals surface area (Å²) in [4.78, 5) is 29.5. The summed E-state index contributed by atoms with van der Waals surface area (Å²) >= 11 is 0. The van der Waals surface area contributed by atoms with Crippen LogP contribution in [0, 0.1) is 0 Å². The van der Waals surface area contributed by atoms with Gasteiger partial charge in [-0.1, -0.05) is 12.1 Å². The third kappa shape index (κ3) is 3.21. The summed E-state index contributed by atoms with van der Waals surface area (Å²) in [5.74, 6) is 0. The number of hydrogen-bond donors (Lipinski definition) is 1. The molecule has 0 atom stereocenters. The number of aryl methyl sites for hydroxylation is 1. The van der Waals surface area contributed by atoms with Gasteiger partial charge in [0.1, 0.15) is 10.5 Å². The molecule has 1 N–H and O–H groups in total. The van der Waals surface area contributed by atoms with Crippen molar-refractivity contribution < 1.29 is 21.6 Å². The fourth-order valence-electron chi connectivity index (χ4n) is 3.56. The van der Waals surface area contributed by atoms with Crippen molar-refractivity contribution in [3.63, 3.8) is 0 Å². The molecule has 3 heterocycles. The third-order valence-corrected chi connectivity index (χ3v) is 6.91. The molecule has 1 aliphatic heterocycles. The number of sulfonamides is 1. The molecule has 0 saturated carbocycles. The van der Waals surface area contributed by atoms with Gasteiger partial charge in [-0.15, -0.1) is 0 Å². The molecule has 0 aliphatic carbocycles. The number of alkyl halides is 3. The first kappa shape index (κ1) is 20.3. The van der Waals surface area contributed by atoms with Gasteiger partial charge in [0.2, 0.25) is 10.0 Å². The molecule has 0 fully saturated rings. The number of halogens is 3. The van der Waals surface area contributed by atoms with Crippen LogP contribution in [-0.4, -0.2) is 33.8 Å². The van der Waals surface area contributed by atoms with Gasteiger partial charge in [-0.25, -0.2) is 18.2 Å². The molecule has 1 aliphatic rings. The van der Waals surface area contributed by atoms with E-state index in [1.165, 1.54) is 19.2 Å². The minimum atomic E-state index is -4.52. The van der Waals surface area contributed by atoms with Gasteiger partial charge in [0.05, 0.1) is 10.9 Å². The Morgan fingerprint density at radius 2 is 1.93 bits per heavy atom. The lowest BCUT2D eigenvalue weighted by Gasteiger charge is -2.29. The first-order valence-corrected chi connectivity index (χ1v) is 10.2. The molecule has 3 aromatic rings. The number of fused-ring (bicyclic) bond motifs is 2. The maximum absolute atomic E-state index is 13.2. The Bertz CT molecular complexity index is 1390. The van der Waals surface area contributed by atoms with Crippen LogP contribution in [0.15, 0.2) is 44.9 Å². The zero-order valence-corrected chi connectivity index (χ0v) is 16.3. The van der Waals surface area contributed by atoms with Gasteiger partial charge in [0.25, 0.3) is 5.56 Å². The van der Waals surface area contributed by atoms with Gasteiger partial charge in [0.15, 0.2) is 0 Å². The highest BCUT2D eigenvalue weighted by molar-refractivity contribution is 7.89. The van der Waals surface area contributed by atoms with Gasteiger partial charge in [0, 0.05) is 26.3 Å². The fourth-order valence-corrected chi connectivity index (χ4v) is 4.95. The van der Waals surface area contributed by atoms with Gasteiger partial charge in [-0.3, -0.25) is 14.3 Å². The molecular formula is C18H15F3N4O4S. The van der Waals surface area contributed by atoms with E-state index in [4.69, 9.17) is 0 Å². The first-order chi connectivity index (χ1) is 14.0. The molecule has 0 amide bonds. The molecule has 0 radical (unpaired) electrons. The standard InChI is InChI=1S/C18H15F3N4O4S/c1-24-15-13(16(26)23-17(24)27)7-11(8-22-15)30(28,29)25-6-5-12-10(9-25)3-2-4-14(12)18(19,20)21/h2-4,7-8H,5-6,9H2,1H3,(H,23,26,27). The Hall–Kier alpha value is -2.99. The molecule has 30 heavy (non-hydrogen) atoms. The van der Waals surface area contributed by atoms with Gasteiger partial charge < -0.3 is 0 Å². The fraction of sp³-hybridized carbons (Fsp3) is 0.278. The van der Waals surface area contributed by atoms with E-state index in [9.17, 15) is 31.2 Å². The van der Waals surface area contributed by atoms with E-state index < -0.39 is 33.0 Å². The van der Waals surface area contributed by atoms with Crippen LogP contribution >= 0.6 is 0 Å². The smallest absolute Gasteiger partial charge is 0.281 e. The van der Waals surface area contributed by atoms with Crippen LogP contribution in [0.25, 0.3) is 11.0 Å². The largest absolute Gasteiger partial charge is 0.416 e. The average Bonchev–Trinajstić information content (AvgIpc) is 2.70. The van der Waals surface area contributed by atoms with E-state index in [1.54, 1.807) is 0 Å². The summed E-state index contributed by atoms with van der Waals surface area (Å²) in [5.41, 5.74) is -1.87. The molecule has 0 bridgehead atoms. The van der Waals surface area contributed by atoms with Gasteiger partial charge >= 0.3 is 11.9 Å². The first-order valence-electron chi connectivity index (χ1n) is 8.77. The molecule has 0 spiro atoms. The van der Waals surface area contributed by atoms with Crippen LogP contribution in [-0.2, 0) is 36.2 Å². The molecule has 2 aromatic heterocycles. The Kier molecular flexibility index (Phi) is 4.58. The molecule has 0 saturated heterocycles. The van der Waals surface area contributed by atoms with Gasteiger partial charge in [-0.05, 0) is 29.7 Å². The number of hydrogen-bond acceptors (Lipinski definition) is 5. The van der Waals surface area contributed by atoms with Crippen molar-refractivity contribution in [3.8, 4) is 0 Å². The summed E-state index contributed by atoms with van der Waals surface area (Å²) in [7, 11) is -2.76. The quantitative estimate of drug-likeness (QED) is 0.649. The Labute approximate surface area is 167 Å². The molecule has 0 unspecified atom stereocenters. The summed E-state index contributed by atoms with van der Waals surface area (Å²) < 4.78 is 67.9. The lowest BCUT2D eigenvalue weighted by molar-refractivity contribution is -0.138. The summed E-state index contributed by atoms with van der Waals surface area (Å²) in [6, 6.07) is 4.80. The van der Waals surface area contributed by atoms with E-state index in [2.05, 4.69) is 9.97 Å². The Morgan fingerprint density at radius 3 is 2.63 bits per heavy atom. The van der Waals surface area contributed by atoms with Crippen LogP contribution in [0.1, 0.15) is 16.7 Å². The molecule has 1 aromatic carbocycles. The second kappa shape index (κ2) is 6.77. The number of aromatic amines is 1. The highest BCUT2D eigenvalue weighted by Gasteiger charge is 2.37. The van der Waals surface area contributed by atoms with Crippen molar-refractivity contribution in [3.05, 3.63) is 68.0 Å². The van der Waals surface area contributed by atoms with Crippen LogP contribution in [0.5, 0.6) is 0 Å². The van der Waals surface area contributed by atoms with E-state index in [-0.39, 0.29) is 46.6 Å². The van der Waals surface area contributed by atoms with Crippen molar-refractivity contribution >= 4 is 21.1 Å². The summed E-state index contributed by atoms with van der Waals surface area (Å²) in [5, 5.41) is -0.0880. The van der Waals surface area contributed by atoms with Crippen molar-refractivity contribution in [1.29, 1.82) is 0 Å². The number of benzene rings is 1. The molecular weight excluding hydrogens is 425 g/mol. The molecule has 12 heteroatoms. The predicted molar refractivity (Wildman–Crippen MR) is 100 cm³/mol. The second-order valence-corrected chi connectivity index (χ2v) is 8.83. The normalized spacial score (nSPS) is 15.3. The van der Waals surface area contributed by atoms with Crippen LogP contribution in [0.4, 0.5) is 13.2 Å². The summed E-state index contributed by atoms with van der Waals surface area (Å²) in [6.45, 7) is -0.382. The number of nitrogens with one attached hydrogen (secondary N) is 1. The van der Waals surface area contributed by atoms with Gasteiger partial charge in [-0.2, -0.15) is 17.5 Å². The minimum absolute atomic E-state index is 0.0153. The number of H-pyrrole nitrogens is 1. The zero-order valence-electron chi connectivity index (χ0n) is 15.5. The molecule has 158 valence electrons. The maximum atomic E-state index is 13.2. The lowest BCUT2D eigenvalue weighted by Crippen LogP contribution is -2.37. The topological polar surface area (TPSA) is 105 Å². The SMILES string of the molecule is Cn1c(=O)[nH]c(=O)c2cc(S(=O)(=O)N3CCc4c(cccc4C(F)(F)F)C3)cnc21. The van der Waals surface area contributed by atoms with Crippen LogP contribution in [0.3, 0.4) is 0 Å². The average molecular weight is 440 g/mol. The number of pyridine rings is 1. The van der Waals surface area contributed by atoms with E-state index in [1.807, 2.05) is 0 Å². The highest BCUT2D eigenvalue weighted by Crippen LogP contribution is 2.36. The van der Waals surface area contributed by atoms with Crippen LogP contribution < -0.4 is 11.2 Å². The molecule has 8 nitrogen and oxygen atoms in total.